The van der Waals surface area contributed by atoms with E-state index in [-0.39, 0.29) is 17.7 Å². The van der Waals surface area contributed by atoms with Crippen molar-refractivity contribution >= 4 is 7.12 Å². The minimum Gasteiger partial charge on any atom is -0.423 e. The van der Waals surface area contributed by atoms with Gasteiger partial charge in [0.1, 0.15) is 0 Å². The van der Waals surface area contributed by atoms with Crippen molar-refractivity contribution in [2.45, 2.75) is 20.3 Å². The molecule has 4 heteroatoms. The molecule has 0 rings (SSSR count). The van der Waals surface area contributed by atoms with Crippen LogP contribution in [0.5, 0.6) is 0 Å². The van der Waals surface area contributed by atoms with Gasteiger partial charge in [0, 0.05) is 0 Å². The van der Waals surface area contributed by atoms with E-state index in [0.717, 1.165) is 6.08 Å². The minimum atomic E-state index is -1.59. The maximum absolute atomic E-state index is 12.5. The molecule has 0 aromatic heterocycles. The van der Waals surface area contributed by atoms with Crippen molar-refractivity contribution in [3.8, 4) is 0 Å². The molecule has 0 aliphatic heterocycles. The normalized spacial score (nSPS) is 13.5. The van der Waals surface area contributed by atoms with Gasteiger partial charge in [-0.15, -0.1) is 0 Å². The Kier molecular flexibility index (Phi) is 4.82. The zero-order chi connectivity index (χ0) is 8.85. The fourth-order valence-electron chi connectivity index (χ4n) is 0.590. The Morgan fingerprint density at radius 1 is 1.55 bits per heavy atom. The molecule has 0 aromatic carbocycles. The van der Waals surface area contributed by atoms with Gasteiger partial charge in [0.15, 0.2) is 0 Å². The van der Waals surface area contributed by atoms with Crippen LogP contribution < -0.4 is 0 Å². The first kappa shape index (κ1) is 10.4. The molecular weight excluding hydrogens is 146 g/mol. The van der Waals surface area contributed by atoms with Crippen molar-refractivity contribution in [1.29, 1.82) is 0 Å². The molecule has 0 unspecified atom stereocenters. The second-order valence-corrected chi connectivity index (χ2v) is 2.11. The van der Waals surface area contributed by atoms with Gasteiger partial charge in [-0.3, -0.25) is 0 Å². The zero-order valence-electron chi connectivity index (χ0n) is 6.71. The van der Waals surface area contributed by atoms with Crippen LogP contribution in [0.4, 0.5) is 4.39 Å². The van der Waals surface area contributed by atoms with Crippen LogP contribution in [-0.2, 0) is 0 Å². The topological polar surface area (TPSA) is 40.5 Å². The molecule has 62 valence electrons. The summed E-state index contributed by atoms with van der Waals surface area (Å²) >= 11 is 0. The van der Waals surface area contributed by atoms with Gasteiger partial charge in [0.25, 0.3) is 0 Å². The van der Waals surface area contributed by atoms with Gasteiger partial charge in [-0.1, -0.05) is 13.0 Å². The van der Waals surface area contributed by atoms with E-state index >= 15 is 0 Å². The van der Waals surface area contributed by atoms with Gasteiger partial charge >= 0.3 is 7.12 Å². The van der Waals surface area contributed by atoms with Gasteiger partial charge in [-0.2, -0.15) is 0 Å². The predicted molar refractivity (Wildman–Crippen MR) is 43.4 cm³/mol. The lowest BCUT2D eigenvalue weighted by atomic mass is 9.79. The third-order valence-electron chi connectivity index (χ3n) is 1.29. The van der Waals surface area contributed by atoms with E-state index in [2.05, 4.69) is 0 Å². The number of halogens is 1. The smallest absolute Gasteiger partial charge is 0.423 e. The molecule has 0 spiro atoms. The summed E-state index contributed by atoms with van der Waals surface area (Å²) in [5.41, 5.74) is 0.185. The molecule has 11 heavy (non-hydrogen) atoms. The summed E-state index contributed by atoms with van der Waals surface area (Å²) in [5, 5.41) is 17.3. The van der Waals surface area contributed by atoms with E-state index in [4.69, 9.17) is 10.0 Å². The van der Waals surface area contributed by atoms with Crippen LogP contribution in [0.3, 0.4) is 0 Å². The summed E-state index contributed by atoms with van der Waals surface area (Å²) in [5.74, 6) is -0.355. The molecule has 0 atom stereocenters. The Labute approximate surface area is 66.2 Å². The maximum atomic E-state index is 12.5. The number of hydrogen-bond donors (Lipinski definition) is 2. The van der Waals surface area contributed by atoms with Crippen LogP contribution in [0.1, 0.15) is 20.3 Å². The van der Waals surface area contributed by atoms with Crippen molar-refractivity contribution in [1.82, 2.24) is 0 Å². The Balaban J connectivity index is 4.32. The standard InChI is InChI=1S/C7H12BFO2/c1-3-6(8(10)11)5-7(9)4-2/h3,5,10-11H,4H2,1-2H3/b6-3+,7-5+. The lowest BCUT2D eigenvalue weighted by molar-refractivity contribution is 0.420. The molecule has 0 aromatic rings. The zero-order valence-corrected chi connectivity index (χ0v) is 6.71. The minimum absolute atomic E-state index is 0.185. The molecule has 0 bridgehead atoms. The van der Waals surface area contributed by atoms with Crippen LogP contribution in [-0.4, -0.2) is 17.2 Å². The molecule has 0 fully saturated rings. The number of rotatable bonds is 3. The first-order valence-corrected chi connectivity index (χ1v) is 3.50. The van der Waals surface area contributed by atoms with Gasteiger partial charge in [0.2, 0.25) is 0 Å². The molecule has 0 aliphatic rings. The third-order valence-corrected chi connectivity index (χ3v) is 1.29. The molecule has 0 radical (unpaired) electrons. The Morgan fingerprint density at radius 3 is 2.36 bits per heavy atom. The van der Waals surface area contributed by atoms with Crippen LogP contribution in [0, 0.1) is 0 Å². The largest absolute Gasteiger partial charge is 0.488 e. The first-order chi connectivity index (χ1) is 5.11. The monoisotopic (exact) mass is 158 g/mol. The highest BCUT2D eigenvalue weighted by molar-refractivity contribution is 6.51. The van der Waals surface area contributed by atoms with Gasteiger partial charge in [0.05, 0.1) is 5.83 Å². The Bertz CT molecular complexity index is 175. The molecule has 2 nitrogen and oxygen atoms in total. The van der Waals surface area contributed by atoms with Crippen LogP contribution >= 0.6 is 0 Å². The van der Waals surface area contributed by atoms with E-state index in [9.17, 15) is 4.39 Å². The highest BCUT2D eigenvalue weighted by atomic mass is 19.1. The van der Waals surface area contributed by atoms with Crippen LogP contribution in [0.25, 0.3) is 0 Å². The van der Waals surface area contributed by atoms with Crippen molar-refractivity contribution in [3.63, 3.8) is 0 Å². The van der Waals surface area contributed by atoms with Crippen molar-refractivity contribution < 1.29 is 14.4 Å². The van der Waals surface area contributed by atoms with Crippen molar-refractivity contribution in [2.75, 3.05) is 0 Å². The highest BCUT2D eigenvalue weighted by Crippen LogP contribution is 2.07. The lowest BCUT2D eigenvalue weighted by Crippen LogP contribution is -2.13. The molecule has 0 saturated carbocycles. The summed E-state index contributed by atoms with van der Waals surface area (Å²) < 4.78 is 12.5. The summed E-state index contributed by atoms with van der Waals surface area (Å²) in [6, 6.07) is 0. The highest BCUT2D eigenvalue weighted by Gasteiger charge is 2.11. The molecule has 2 N–H and O–H groups in total. The summed E-state index contributed by atoms with van der Waals surface area (Å²) in [6.45, 7) is 3.27. The second-order valence-electron chi connectivity index (χ2n) is 2.11. The van der Waals surface area contributed by atoms with Crippen molar-refractivity contribution in [2.24, 2.45) is 0 Å². The maximum Gasteiger partial charge on any atom is 0.488 e. The predicted octanol–water partition coefficient (Wildman–Crippen LogP) is 1.21. The number of hydrogen-bond acceptors (Lipinski definition) is 2. The lowest BCUT2D eigenvalue weighted by Gasteiger charge is -1.98. The van der Waals surface area contributed by atoms with E-state index in [0.29, 0.717) is 0 Å². The van der Waals surface area contributed by atoms with Gasteiger partial charge < -0.3 is 10.0 Å². The third kappa shape index (κ3) is 3.96. The van der Waals surface area contributed by atoms with Crippen molar-refractivity contribution in [3.05, 3.63) is 23.5 Å². The van der Waals surface area contributed by atoms with Gasteiger partial charge in [-0.25, -0.2) is 4.39 Å². The van der Waals surface area contributed by atoms with Crippen LogP contribution in [0.15, 0.2) is 23.5 Å². The average Bonchev–Trinajstić information content (AvgIpc) is 1.99. The Morgan fingerprint density at radius 2 is 2.09 bits per heavy atom. The molecule has 0 aliphatic carbocycles. The Hall–Kier alpha value is -0.605. The SMILES string of the molecule is C/C=C(\C=C(\F)CC)B(O)O. The fraction of sp³-hybridized carbons (Fsp3) is 0.429. The molecule has 0 saturated heterocycles. The quantitative estimate of drug-likeness (QED) is 0.478. The second kappa shape index (κ2) is 5.10. The fourth-order valence-corrected chi connectivity index (χ4v) is 0.590. The van der Waals surface area contributed by atoms with E-state index in [1.165, 1.54) is 6.08 Å². The van der Waals surface area contributed by atoms with E-state index in [1.54, 1.807) is 13.8 Å². The number of allylic oxidation sites excluding steroid dienone is 4. The van der Waals surface area contributed by atoms with E-state index in [1.807, 2.05) is 0 Å². The van der Waals surface area contributed by atoms with E-state index < -0.39 is 7.12 Å². The summed E-state index contributed by atoms with van der Waals surface area (Å²) in [6.07, 6.45) is 2.86. The molecular formula is C7H12BFO2. The summed E-state index contributed by atoms with van der Waals surface area (Å²) in [7, 11) is -1.59. The molecule has 0 heterocycles. The van der Waals surface area contributed by atoms with Gasteiger partial charge in [-0.05, 0) is 24.9 Å². The first-order valence-electron chi connectivity index (χ1n) is 3.50. The van der Waals surface area contributed by atoms with Crippen LogP contribution in [0.2, 0.25) is 0 Å². The molecule has 0 amide bonds. The average molecular weight is 158 g/mol. The summed E-state index contributed by atoms with van der Waals surface area (Å²) in [4.78, 5) is 0.